The summed E-state index contributed by atoms with van der Waals surface area (Å²) in [7, 11) is 1.37. The van der Waals surface area contributed by atoms with Crippen LogP contribution in [0.2, 0.25) is 0 Å². The SMILES string of the molecule is COC(=O)C[C@H](N)c1cccc(C)c1C.Cl. The number of benzene rings is 1. The van der Waals surface area contributed by atoms with Crippen LogP contribution in [0.4, 0.5) is 0 Å². The summed E-state index contributed by atoms with van der Waals surface area (Å²) in [5.41, 5.74) is 9.29. The number of methoxy groups -OCH3 is 1. The quantitative estimate of drug-likeness (QED) is 0.829. The van der Waals surface area contributed by atoms with Crippen LogP contribution in [-0.2, 0) is 9.53 Å². The van der Waals surface area contributed by atoms with Crippen molar-refractivity contribution in [3.05, 3.63) is 34.9 Å². The topological polar surface area (TPSA) is 52.3 Å². The number of halogens is 1. The van der Waals surface area contributed by atoms with E-state index in [4.69, 9.17) is 5.73 Å². The van der Waals surface area contributed by atoms with Gasteiger partial charge in [-0.2, -0.15) is 0 Å². The Bertz CT molecular complexity index is 366. The largest absolute Gasteiger partial charge is 0.469 e. The van der Waals surface area contributed by atoms with Crippen molar-refractivity contribution >= 4 is 18.4 Å². The number of hydrogen-bond acceptors (Lipinski definition) is 3. The van der Waals surface area contributed by atoms with Gasteiger partial charge < -0.3 is 10.5 Å². The van der Waals surface area contributed by atoms with Gasteiger partial charge in [-0.15, -0.1) is 12.4 Å². The molecule has 0 saturated heterocycles. The predicted octanol–water partition coefficient (Wildman–Crippen LogP) is 2.29. The Morgan fingerprint density at radius 1 is 1.44 bits per heavy atom. The molecular weight excluding hydrogens is 226 g/mol. The Morgan fingerprint density at radius 3 is 2.62 bits per heavy atom. The van der Waals surface area contributed by atoms with E-state index in [1.165, 1.54) is 12.7 Å². The monoisotopic (exact) mass is 243 g/mol. The maximum atomic E-state index is 11.1. The molecule has 90 valence electrons. The molecule has 0 heterocycles. The van der Waals surface area contributed by atoms with Gasteiger partial charge in [0.05, 0.1) is 13.5 Å². The van der Waals surface area contributed by atoms with Gasteiger partial charge in [-0.1, -0.05) is 18.2 Å². The first-order chi connectivity index (χ1) is 7.06. The van der Waals surface area contributed by atoms with Gasteiger partial charge in [0, 0.05) is 6.04 Å². The normalized spacial score (nSPS) is 11.5. The zero-order valence-electron chi connectivity index (χ0n) is 9.82. The molecule has 4 heteroatoms. The fraction of sp³-hybridized carbons (Fsp3) is 0.417. The van der Waals surface area contributed by atoms with Gasteiger partial charge in [-0.05, 0) is 30.5 Å². The molecule has 0 unspecified atom stereocenters. The molecular formula is C12H18ClNO2. The van der Waals surface area contributed by atoms with Crippen molar-refractivity contribution in [2.45, 2.75) is 26.3 Å². The summed E-state index contributed by atoms with van der Waals surface area (Å²) in [6, 6.07) is 5.66. The van der Waals surface area contributed by atoms with Crippen LogP contribution in [0.1, 0.15) is 29.2 Å². The van der Waals surface area contributed by atoms with Crippen LogP contribution in [0, 0.1) is 13.8 Å². The fourth-order valence-corrected chi connectivity index (χ4v) is 1.55. The molecule has 0 radical (unpaired) electrons. The Kier molecular flexibility index (Phi) is 6.08. The third-order valence-corrected chi connectivity index (χ3v) is 2.66. The summed E-state index contributed by atoms with van der Waals surface area (Å²) >= 11 is 0. The number of carbonyl (C=O) groups excluding carboxylic acids is 1. The van der Waals surface area contributed by atoms with Crippen molar-refractivity contribution in [3.8, 4) is 0 Å². The lowest BCUT2D eigenvalue weighted by Crippen LogP contribution is -2.17. The molecule has 0 aliphatic carbocycles. The van der Waals surface area contributed by atoms with Crippen molar-refractivity contribution < 1.29 is 9.53 Å². The van der Waals surface area contributed by atoms with Gasteiger partial charge >= 0.3 is 5.97 Å². The third kappa shape index (κ3) is 3.51. The van der Waals surface area contributed by atoms with E-state index in [9.17, 15) is 4.79 Å². The molecule has 0 spiro atoms. The van der Waals surface area contributed by atoms with Gasteiger partial charge in [0.1, 0.15) is 0 Å². The Morgan fingerprint density at radius 2 is 2.06 bits per heavy atom. The second kappa shape index (κ2) is 6.51. The zero-order chi connectivity index (χ0) is 11.4. The van der Waals surface area contributed by atoms with E-state index in [-0.39, 0.29) is 30.8 Å². The molecule has 3 nitrogen and oxygen atoms in total. The van der Waals surface area contributed by atoms with E-state index >= 15 is 0 Å². The Balaban J connectivity index is 0.00000225. The van der Waals surface area contributed by atoms with E-state index in [2.05, 4.69) is 4.74 Å². The van der Waals surface area contributed by atoms with E-state index in [0.717, 1.165) is 11.1 Å². The van der Waals surface area contributed by atoms with Crippen molar-refractivity contribution in [1.29, 1.82) is 0 Å². The molecule has 0 amide bonds. The van der Waals surface area contributed by atoms with E-state index in [1.807, 2.05) is 32.0 Å². The van der Waals surface area contributed by atoms with Crippen LogP contribution in [0.25, 0.3) is 0 Å². The van der Waals surface area contributed by atoms with Crippen molar-refractivity contribution in [2.24, 2.45) is 5.73 Å². The van der Waals surface area contributed by atoms with Crippen LogP contribution in [0.15, 0.2) is 18.2 Å². The fourth-order valence-electron chi connectivity index (χ4n) is 1.55. The summed E-state index contributed by atoms with van der Waals surface area (Å²) in [6.07, 6.45) is 0.223. The minimum absolute atomic E-state index is 0. The van der Waals surface area contributed by atoms with Crippen LogP contribution >= 0.6 is 12.4 Å². The van der Waals surface area contributed by atoms with Gasteiger partial charge in [-0.3, -0.25) is 4.79 Å². The molecule has 0 aliphatic rings. The number of esters is 1. The van der Waals surface area contributed by atoms with E-state index in [0.29, 0.717) is 0 Å². The molecule has 1 rings (SSSR count). The maximum absolute atomic E-state index is 11.1. The lowest BCUT2D eigenvalue weighted by Gasteiger charge is -2.14. The first kappa shape index (κ1) is 14.9. The molecule has 1 atom stereocenters. The highest BCUT2D eigenvalue weighted by Crippen LogP contribution is 2.21. The van der Waals surface area contributed by atoms with Crippen LogP contribution in [0.5, 0.6) is 0 Å². The molecule has 2 N–H and O–H groups in total. The summed E-state index contributed by atoms with van der Waals surface area (Å²) in [5.74, 6) is -0.275. The Hall–Kier alpha value is -1.06. The number of aryl methyl sites for hydroxylation is 1. The van der Waals surface area contributed by atoms with Gasteiger partial charge in [0.15, 0.2) is 0 Å². The minimum atomic E-state index is -0.280. The first-order valence-electron chi connectivity index (χ1n) is 4.94. The smallest absolute Gasteiger partial charge is 0.307 e. The average molecular weight is 244 g/mol. The molecule has 0 aromatic heterocycles. The standard InChI is InChI=1S/C12H17NO2.ClH/c1-8-5-4-6-10(9(8)2)11(13)7-12(14)15-3;/h4-6,11H,7,13H2,1-3H3;1H/t11-;/m0./s1. The summed E-state index contributed by atoms with van der Waals surface area (Å²) in [6.45, 7) is 4.05. The summed E-state index contributed by atoms with van der Waals surface area (Å²) in [5, 5.41) is 0. The second-order valence-electron chi connectivity index (χ2n) is 3.68. The number of rotatable bonds is 3. The average Bonchev–Trinajstić information content (AvgIpc) is 2.21. The van der Waals surface area contributed by atoms with Crippen LogP contribution < -0.4 is 5.73 Å². The number of nitrogens with two attached hydrogens (primary N) is 1. The zero-order valence-corrected chi connectivity index (χ0v) is 10.6. The lowest BCUT2D eigenvalue weighted by atomic mass is 9.96. The Labute approximate surface area is 102 Å². The lowest BCUT2D eigenvalue weighted by molar-refractivity contribution is -0.141. The first-order valence-corrected chi connectivity index (χ1v) is 4.94. The van der Waals surface area contributed by atoms with Crippen molar-refractivity contribution in [1.82, 2.24) is 0 Å². The molecule has 1 aromatic carbocycles. The van der Waals surface area contributed by atoms with Gasteiger partial charge in [0.25, 0.3) is 0 Å². The highest BCUT2D eigenvalue weighted by Gasteiger charge is 2.14. The highest BCUT2D eigenvalue weighted by atomic mass is 35.5. The third-order valence-electron chi connectivity index (χ3n) is 2.66. The second-order valence-corrected chi connectivity index (χ2v) is 3.68. The molecule has 0 aliphatic heterocycles. The number of hydrogen-bond donors (Lipinski definition) is 1. The van der Waals surface area contributed by atoms with Gasteiger partial charge in [-0.25, -0.2) is 0 Å². The summed E-state index contributed by atoms with van der Waals surface area (Å²) in [4.78, 5) is 11.1. The molecule has 16 heavy (non-hydrogen) atoms. The molecule has 0 saturated carbocycles. The van der Waals surface area contributed by atoms with E-state index < -0.39 is 0 Å². The summed E-state index contributed by atoms with van der Waals surface area (Å²) < 4.78 is 4.59. The van der Waals surface area contributed by atoms with Crippen molar-refractivity contribution in [2.75, 3.05) is 7.11 Å². The molecule has 0 fully saturated rings. The van der Waals surface area contributed by atoms with E-state index in [1.54, 1.807) is 0 Å². The predicted molar refractivity (Wildman–Crippen MR) is 66.7 cm³/mol. The molecule has 0 bridgehead atoms. The number of carbonyl (C=O) groups is 1. The number of ether oxygens (including phenoxy) is 1. The maximum Gasteiger partial charge on any atom is 0.307 e. The van der Waals surface area contributed by atoms with Crippen molar-refractivity contribution in [3.63, 3.8) is 0 Å². The minimum Gasteiger partial charge on any atom is -0.469 e. The van der Waals surface area contributed by atoms with Crippen LogP contribution in [0.3, 0.4) is 0 Å². The molecule has 1 aromatic rings. The van der Waals surface area contributed by atoms with Gasteiger partial charge in [0.2, 0.25) is 0 Å². The van der Waals surface area contributed by atoms with Crippen LogP contribution in [-0.4, -0.2) is 13.1 Å². The highest BCUT2D eigenvalue weighted by molar-refractivity contribution is 5.85.